The highest BCUT2D eigenvalue weighted by molar-refractivity contribution is 5.79. The molecule has 0 unspecified atom stereocenters. The lowest BCUT2D eigenvalue weighted by molar-refractivity contribution is 0.131. The molecule has 2 rings (SSSR count). The fourth-order valence-electron chi connectivity index (χ4n) is 3.28. The van der Waals surface area contributed by atoms with Crippen LogP contribution in [-0.2, 0) is 13.6 Å². The van der Waals surface area contributed by atoms with Gasteiger partial charge in [0.05, 0.1) is 0 Å². The molecule has 0 spiro atoms. The molecule has 1 aliphatic rings. The third-order valence-electron chi connectivity index (χ3n) is 4.72. The smallest absolute Gasteiger partial charge is 0.191 e. The number of nitrogens with one attached hydrogen (secondary N) is 2. The number of guanidine groups is 1. The summed E-state index contributed by atoms with van der Waals surface area (Å²) in [4.78, 5) is 8.80. The Balaban J connectivity index is 1.96. The van der Waals surface area contributed by atoms with E-state index >= 15 is 0 Å². The van der Waals surface area contributed by atoms with Crippen molar-refractivity contribution in [2.75, 3.05) is 19.7 Å². The van der Waals surface area contributed by atoms with Gasteiger partial charge in [-0.3, -0.25) is 4.68 Å². The number of hydrogen-bond donors (Lipinski definition) is 3. The number of aliphatic hydroxyl groups excluding tert-OH is 1. The summed E-state index contributed by atoms with van der Waals surface area (Å²) in [6, 6.07) is 0. The number of aliphatic imine (C=N–C) groups is 1. The van der Waals surface area contributed by atoms with E-state index in [4.69, 9.17) is 0 Å². The van der Waals surface area contributed by atoms with Crippen LogP contribution in [0.1, 0.15) is 51.3 Å². The SMILES string of the molecule is CCNC(=NCc1ncnn1C)NCC1(CCO)CCCCC1. The second kappa shape index (κ2) is 8.86. The third-order valence-corrected chi connectivity index (χ3v) is 4.72. The van der Waals surface area contributed by atoms with Gasteiger partial charge in [-0.05, 0) is 31.6 Å². The molecule has 1 fully saturated rings. The zero-order chi connectivity index (χ0) is 16.5. The van der Waals surface area contributed by atoms with Crippen molar-refractivity contribution in [1.29, 1.82) is 0 Å². The summed E-state index contributed by atoms with van der Waals surface area (Å²) in [5.74, 6) is 1.64. The minimum atomic E-state index is 0.202. The highest BCUT2D eigenvalue weighted by Crippen LogP contribution is 2.38. The van der Waals surface area contributed by atoms with Crippen LogP contribution in [0, 0.1) is 5.41 Å². The van der Waals surface area contributed by atoms with Crippen LogP contribution in [0.25, 0.3) is 0 Å². The molecule has 3 N–H and O–H groups in total. The fourth-order valence-corrected chi connectivity index (χ4v) is 3.28. The quantitative estimate of drug-likeness (QED) is 0.519. The minimum absolute atomic E-state index is 0.202. The molecular weight excluding hydrogens is 292 g/mol. The molecule has 0 aromatic carbocycles. The zero-order valence-electron chi connectivity index (χ0n) is 14.4. The van der Waals surface area contributed by atoms with Crippen molar-refractivity contribution < 1.29 is 5.11 Å². The zero-order valence-corrected chi connectivity index (χ0v) is 14.4. The van der Waals surface area contributed by atoms with E-state index in [0.717, 1.165) is 31.3 Å². The van der Waals surface area contributed by atoms with Gasteiger partial charge in [-0.2, -0.15) is 5.10 Å². The molecule has 1 aromatic rings. The Morgan fingerprint density at radius 1 is 1.35 bits per heavy atom. The maximum absolute atomic E-state index is 9.42. The first-order valence-electron chi connectivity index (χ1n) is 8.65. The number of aryl methyl sites for hydroxylation is 1. The maximum atomic E-state index is 9.42. The van der Waals surface area contributed by atoms with E-state index in [0.29, 0.717) is 6.54 Å². The normalized spacial score (nSPS) is 18.0. The lowest BCUT2D eigenvalue weighted by Gasteiger charge is -2.37. The monoisotopic (exact) mass is 322 g/mol. The molecule has 7 nitrogen and oxygen atoms in total. The molecule has 0 radical (unpaired) electrons. The molecule has 130 valence electrons. The highest BCUT2D eigenvalue weighted by atomic mass is 16.3. The Hall–Kier alpha value is -1.63. The fraction of sp³-hybridized carbons (Fsp3) is 0.812. The molecular formula is C16H30N6O. The van der Waals surface area contributed by atoms with Crippen molar-refractivity contribution >= 4 is 5.96 Å². The number of aliphatic hydroxyl groups is 1. The van der Waals surface area contributed by atoms with Gasteiger partial charge in [-0.15, -0.1) is 0 Å². The molecule has 1 heterocycles. The molecule has 1 saturated carbocycles. The molecule has 0 amide bonds. The molecule has 1 aromatic heterocycles. The standard InChI is InChI=1S/C16H30N6O/c1-3-17-15(18-11-14-20-13-21-22(14)2)19-12-16(9-10-23)7-5-4-6-8-16/h13,23H,3-12H2,1-2H3,(H2,17,18,19). The highest BCUT2D eigenvalue weighted by Gasteiger charge is 2.31. The van der Waals surface area contributed by atoms with Crippen molar-refractivity contribution in [3.8, 4) is 0 Å². The first-order valence-corrected chi connectivity index (χ1v) is 8.65. The van der Waals surface area contributed by atoms with Crippen molar-refractivity contribution in [3.63, 3.8) is 0 Å². The van der Waals surface area contributed by atoms with Crippen LogP contribution in [0.4, 0.5) is 0 Å². The second-order valence-corrected chi connectivity index (χ2v) is 6.38. The van der Waals surface area contributed by atoms with Crippen molar-refractivity contribution in [2.24, 2.45) is 17.5 Å². The van der Waals surface area contributed by atoms with Crippen LogP contribution < -0.4 is 10.6 Å². The Kier molecular flexibility index (Phi) is 6.83. The van der Waals surface area contributed by atoms with Crippen LogP contribution in [0.3, 0.4) is 0 Å². The van der Waals surface area contributed by atoms with Gasteiger partial charge in [0.1, 0.15) is 18.7 Å². The second-order valence-electron chi connectivity index (χ2n) is 6.38. The number of aromatic nitrogens is 3. The summed E-state index contributed by atoms with van der Waals surface area (Å²) >= 11 is 0. The molecule has 0 aliphatic heterocycles. The first kappa shape index (κ1) is 17.7. The Morgan fingerprint density at radius 3 is 2.74 bits per heavy atom. The van der Waals surface area contributed by atoms with Gasteiger partial charge in [-0.1, -0.05) is 19.3 Å². The number of nitrogens with zero attached hydrogens (tertiary/aromatic N) is 4. The predicted octanol–water partition coefficient (Wildman–Crippen LogP) is 1.20. The molecule has 0 bridgehead atoms. The van der Waals surface area contributed by atoms with E-state index in [9.17, 15) is 5.11 Å². The minimum Gasteiger partial charge on any atom is -0.396 e. The lowest BCUT2D eigenvalue weighted by atomic mass is 9.72. The van der Waals surface area contributed by atoms with Crippen LogP contribution >= 0.6 is 0 Å². The Labute approximate surface area is 138 Å². The van der Waals surface area contributed by atoms with E-state index in [1.807, 2.05) is 7.05 Å². The van der Waals surface area contributed by atoms with E-state index < -0.39 is 0 Å². The van der Waals surface area contributed by atoms with E-state index in [2.05, 4.69) is 32.6 Å². The average molecular weight is 322 g/mol. The van der Waals surface area contributed by atoms with Gasteiger partial charge in [0.25, 0.3) is 0 Å². The van der Waals surface area contributed by atoms with Crippen LogP contribution in [0.15, 0.2) is 11.3 Å². The van der Waals surface area contributed by atoms with Gasteiger partial charge in [0.2, 0.25) is 0 Å². The van der Waals surface area contributed by atoms with Crippen molar-refractivity contribution in [3.05, 3.63) is 12.2 Å². The van der Waals surface area contributed by atoms with Gasteiger partial charge in [-0.25, -0.2) is 9.98 Å². The van der Waals surface area contributed by atoms with Gasteiger partial charge in [0.15, 0.2) is 5.96 Å². The average Bonchev–Trinajstić information content (AvgIpc) is 2.96. The summed E-state index contributed by atoms with van der Waals surface area (Å²) in [5, 5.41) is 20.2. The van der Waals surface area contributed by atoms with Crippen molar-refractivity contribution in [2.45, 2.75) is 52.0 Å². The summed E-state index contributed by atoms with van der Waals surface area (Å²) in [5.41, 5.74) is 0.202. The van der Waals surface area contributed by atoms with Gasteiger partial charge < -0.3 is 15.7 Å². The van der Waals surface area contributed by atoms with E-state index in [1.54, 1.807) is 11.0 Å². The van der Waals surface area contributed by atoms with E-state index in [1.165, 1.54) is 32.1 Å². The van der Waals surface area contributed by atoms with Crippen molar-refractivity contribution in [1.82, 2.24) is 25.4 Å². The molecule has 7 heteroatoms. The summed E-state index contributed by atoms with van der Waals surface area (Å²) in [6.07, 6.45) is 8.61. The van der Waals surface area contributed by atoms with Crippen LogP contribution in [0.5, 0.6) is 0 Å². The summed E-state index contributed by atoms with van der Waals surface area (Å²) < 4.78 is 1.74. The Morgan fingerprint density at radius 2 is 2.13 bits per heavy atom. The largest absolute Gasteiger partial charge is 0.396 e. The maximum Gasteiger partial charge on any atom is 0.191 e. The molecule has 0 atom stereocenters. The molecule has 0 saturated heterocycles. The van der Waals surface area contributed by atoms with Crippen LogP contribution in [0.2, 0.25) is 0 Å². The molecule has 1 aliphatic carbocycles. The number of hydrogen-bond acceptors (Lipinski definition) is 4. The van der Waals surface area contributed by atoms with Gasteiger partial charge in [0, 0.05) is 26.7 Å². The van der Waals surface area contributed by atoms with Gasteiger partial charge >= 0.3 is 0 Å². The van der Waals surface area contributed by atoms with Crippen LogP contribution in [-0.4, -0.2) is 45.5 Å². The predicted molar refractivity (Wildman–Crippen MR) is 91.0 cm³/mol. The third kappa shape index (κ3) is 5.20. The summed E-state index contributed by atoms with van der Waals surface area (Å²) in [6.45, 7) is 4.49. The Bertz CT molecular complexity index is 487. The van der Waals surface area contributed by atoms with E-state index in [-0.39, 0.29) is 12.0 Å². The molecule has 23 heavy (non-hydrogen) atoms. The summed E-state index contributed by atoms with van der Waals surface area (Å²) in [7, 11) is 1.87. The topological polar surface area (TPSA) is 87.4 Å². The number of rotatable bonds is 7. The lowest BCUT2D eigenvalue weighted by Crippen LogP contribution is -2.45. The first-order chi connectivity index (χ1) is 11.2.